The van der Waals surface area contributed by atoms with Crippen LogP contribution in [-0.2, 0) is 100 Å². The number of aliphatic carboxylic acids is 1. The number of rotatable bonds is 48. The van der Waals surface area contributed by atoms with Crippen LogP contribution in [-0.4, -0.2) is 195 Å². The molecule has 12 amide bonds. The largest absolute Gasteiger partial charge is 0.490 e. The Bertz CT molecular complexity index is 4380. The SMILES string of the molecule is CC(C)(C)OC(=O)/C=C/c1ccc(/C=C/C(=O)OC(C)(C)C)c(NC(=O)CCNC(=O)[C@H](CCCNC(N)=O)CC(=O)C2(C(=O)CCCCCCN3C(=O)C=CC3=O)CCC2)c1.CC(C)(C)OC(=O)/C=C/c1ccc(/C=C/C(=O)OC(C)(C)C)c(NC(=O)CCNC(=O)[C@H](CCCNC(N)=O)CC(=O)C2(C(=O)CCCCCCN3C(=O)C=CC3=O)CCC2)c1.O=C(O)C(F)(F)F.[2H]CC. The molecule has 6 rings (SSSR count). The van der Waals surface area contributed by atoms with E-state index < -0.39 is 117 Å². The second kappa shape index (κ2) is 55.0. The van der Waals surface area contributed by atoms with E-state index in [9.17, 15) is 99.5 Å². The molecule has 2 aromatic carbocycles. The molecule has 0 spiro atoms. The Morgan fingerprint density at radius 1 is 0.436 bits per heavy atom. The molecule has 0 radical (unpaired) electrons. The van der Waals surface area contributed by atoms with Gasteiger partial charge in [-0.1, -0.05) is 76.6 Å². The summed E-state index contributed by atoms with van der Waals surface area (Å²) in [6.07, 6.45) is 19.8. The van der Waals surface area contributed by atoms with Gasteiger partial charge < -0.3 is 67.4 Å². The van der Waals surface area contributed by atoms with Crippen molar-refractivity contribution in [2.45, 2.75) is 280 Å². The highest BCUT2D eigenvalue weighted by molar-refractivity contribution is 6.14. The highest BCUT2D eigenvalue weighted by atomic mass is 19.4. The molecule has 2 aliphatic carbocycles. The number of carboxylic acid groups (broad SMARTS) is 1. The number of anilines is 2. The van der Waals surface area contributed by atoms with Crippen molar-refractivity contribution in [1.82, 2.24) is 31.1 Å². The van der Waals surface area contributed by atoms with Crippen molar-refractivity contribution in [1.29, 1.82) is 0 Å². The van der Waals surface area contributed by atoms with Gasteiger partial charge in [-0.2, -0.15) is 13.2 Å². The first-order valence-corrected chi connectivity index (χ1v) is 44.5. The molecule has 2 saturated carbocycles. The minimum Gasteiger partial charge on any atom is -0.475 e. The molecule has 2 fully saturated rings. The highest BCUT2D eigenvalue weighted by Gasteiger charge is 2.51. The Hall–Kier alpha value is -12.6. The summed E-state index contributed by atoms with van der Waals surface area (Å²) in [5.74, 6) is -10.9. The number of esters is 4. The van der Waals surface area contributed by atoms with Crippen LogP contribution in [0.1, 0.15) is 275 Å². The van der Waals surface area contributed by atoms with Crippen LogP contribution in [0.4, 0.5) is 34.1 Å². The number of amides is 12. The predicted octanol–water partition coefficient (Wildman–Crippen LogP) is 12.6. The minimum atomic E-state index is -5.08. The number of nitrogens with one attached hydrogen (secondary N) is 6. The molecule has 37 heteroatoms. The van der Waals surface area contributed by atoms with Crippen molar-refractivity contribution in [2.24, 2.45) is 34.1 Å². The molecule has 2 aromatic rings. The van der Waals surface area contributed by atoms with Crippen LogP contribution in [0.25, 0.3) is 24.3 Å². The lowest BCUT2D eigenvalue weighted by molar-refractivity contribution is -0.192. The lowest BCUT2D eigenvalue weighted by Gasteiger charge is -2.39. The highest BCUT2D eigenvalue weighted by Crippen LogP contribution is 2.47. The molecule has 0 bridgehead atoms. The lowest BCUT2D eigenvalue weighted by Crippen LogP contribution is -2.47. The number of primary amides is 2. The van der Waals surface area contributed by atoms with Gasteiger partial charge in [-0.15, -0.1) is 0 Å². The molecule has 133 heavy (non-hydrogen) atoms. The van der Waals surface area contributed by atoms with E-state index in [4.69, 9.17) is 41.7 Å². The van der Waals surface area contributed by atoms with Crippen molar-refractivity contribution in [3.05, 3.63) is 107 Å². The van der Waals surface area contributed by atoms with Gasteiger partial charge in [0.2, 0.25) is 23.6 Å². The normalized spacial score (nSPS) is 15.0. The first-order valence-electron chi connectivity index (χ1n) is 45.2. The summed E-state index contributed by atoms with van der Waals surface area (Å²) < 4.78 is 59.3. The van der Waals surface area contributed by atoms with E-state index in [1.165, 1.54) is 82.7 Å². The van der Waals surface area contributed by atoms with E-state index in [1.807, 2.05) is 0 Å². The zero-order chi connectivity index (χ0) is 101. The monoisotopic (exact) mass is 1870 g/mol. The fourth-order valence-corrected chi connectivity index (χ4v) is 13.9. The number of ether oxygens (including phenoxy) is 4. The number of Topliss-reactive ketones (excluding diaryl/α,β-unsaturated/α-hetero) is 4. The third-order valence-corrected chi connectivity index (χ3v) is 20.6. The number of hydrogen-bond acceptors (Lipinski definition) is 23. The van der Waals surface area contributed by atoms with Crippen LogP contribution in [0, 0.1) is 22.7 Å². The molecule has 2 aliphatic heterocycles. The average Bonchev–Trinajstić information content (AvgIpc) is 0.798. The number of imide groups is 2. The number of halogens is 3. The molecule has 11 N–H and O–H groups in total. The number of alkyl halides is 3. The standard InChI is InChI=1S/2C46H63N5O11.C2HF3O2.C2H6/c2*1-44(2,3)61-40(57)21-16-31-15-17-32(18-22-41(58)62-45(4,5)6)34(29-31)50-37(54)23-27-48-42(59)33(13-11-26-49-43(47)60)30-36(53)46(24-12-25-46)35(52)14-9-7-8-10-28-51-38(55)19-20-39(51)56;3-2(4,5)1(6)7;1-2/h2*15-22,29,33H,7-14,23-28,30H2,1-6H3,(H,48,59)(H,50,54)(H3,47,49,60);(H,6,7);1-2H3/b2*21-16+,22-18+;;/t2*33-;;/m11../s1/i;;;1D. The first-order chi connectivity index (χ1) is 62.5. The minimum absolute atomic E-state index is 0.0864. The molecule has 0 saturated heterocycles. The van der Waals surface area contributed by atoms with Gasteiger partial charge >= 0.3 is 48.1 Å². The van der Waals surface area contributed by atoms with Crippen LogP contribution in [0.3, 0.4) is 0 Å². The molecule has 732 valence electrons. The van der Waals surface area contributed by atoms with Crippen molar-refractivity contribution in [3.63, 3.8) is 0 Å². The number of nitrogens with zero attached hydrogens (tertiary/aromatic N) is 2. The molecule has 0 aromatic heterocycles. The fraction of sp³-hybridized carbons (Fsp3) is 0.552. The Morgan fingerprint density at radius 2 is 0.729 bits per heavy atom. The Kier molecular flexibility index (Phi) is 46.6. The fourth-order valence-electron chi connectivity index (χ4n) is 13.9. The third kappa shape index (κ3) is 44.0. The maximum atomic E-state index is 13.8. The van der Waals surface area contributed by atoms with E-state index in [1.54, 1.807) is 126 Å². The number of hydrogen-bond donors (Lipinski definition) is 9. The lowest BCUT2D eigenvalue weighted by atomic mass is 9.61. The Balaban J connectivity index is 0.000000626. The second-order valence-corrected chi connectivity index (χ2v) is 36.0. The summed E-state index contributed by atoms with van der Waals surface area (Å²) in [6, 6.07) is 8.48. The molecule has 4 aliphatic rings. The maximum absolute atomic E-state index is 13.8. The summed E-state index contributed by atoms with van der Waals surface area (Å²) in [5, 5.41) is 23.2. The Morgan fingerprint density at radius 3 is 1.00 bits per heavy atom. The van der Waals surface area contributed by atoms with Gasteiger partial charge in [0.15, 0.2) is 0 Å². The molecular weight excluding hydrogens is 1730 g/mol. The van der Waals surface area contributed by atoms with Gasteiger partial charge in [-0.3, -0.25) is 67.3 Å². The Labute approximate surface area is 776 Å². The van der Waals surface area contributed by atoms with Crippen LogP contribution >= 0.6 is 0 Å². The van der Waals surface area contributed by atoms with Gasteiger partial charge in [0.25, 0.3) is 23.6 Å². The van der Waals surface area contributed by atoms with E-state index in [-0.39, 0.29) is 124 Å². The van der Waals surface area contributed by atoms with Crippen molar-refractivity contribution in [3.8, 4) is 0 Å². The van der Waals surface area contributed by atoms with E-state index in [2.05, 4.69) is 31.9 Å². The van der Waals surface area contributed by atoms with Gasteiger partial charge in [-0.25, -0.2) is 33.6 Å². The summed E-state index contributed by atoms with van der Waals surface area (Å²) in [7, 11) is 0. The summed E-state index contributed by atoms with van der Waals surface area (Å²) in [5.41, 5.74) is 7.96. The van der Waals surface area contributed by atoms with Crippen LogP contribution in [0.15, 0.2) is 85.0 Å². The number of unbranched alkanes of at least 4 members (excludes halogenated alkanes) is 6. The number of benzene rings is 2. The van der Waals surface area contributed by atoms with Crippen molar-refractivity contribution >= 4 is 148 Å². The van der Waals surface area contributed by atoms with Gasteiger partial charge in [0.1, 0.15) is 45.5 Å². The molecule has 0 unspecified atom stereocenters. The smallest absolute Gasteiger partial charge is 0.475 e. The van der Waals surface area contributed by atoms with Gasteiger partial charge in [0.05, 0.1) is 10.8 Å². The summed E-state index contributed by atoms with van der Waals surface area (Å²) in [6.45, 7) is 24.0. The van der Waals surface area contributed by atoms with Crippen LogP contribution < -0.4 is 43.4 Å². The second-order valence-electron chi connectivity index (χ2n) is 36.0. The van der Waals surface area contributed by atoms with E-state index >= 15 is 0 Å². The topological polar surface area (TPSA) is 512 Å². The zero-order valence-electron chi connectivity index (χ0n) is 79.5. The van der Waals surface area contributed by atoms with Crippen LogP contribution in [0.5, 0.6) is 0 Å². The zero-order valence-corrected chi connectivity index (χ0v) is 78.5. The van der Waals surface area contributed by atoms with E-state index in [0.717, 1.165) is 0 Å². The molecule has 2 heterocycles. The van der Waals surface area contributed by atoms with Crippen molar-refractivity contribution < 1.29 is 130 Å². The van der Waals surface area contributed by atoms with Gasteiger partial charge in [-0.05, 0) is 219 Å². The molecular formula is C96H133F3N10O24. The number of ketones is 4. The van der Waals surface area contributed by atoms with Crippen molar-refractivity contribution in [2.75, 3.05) is 49.9 Å². The van der Waals surface area contributed by atoms with E-state index in [0.29, 0.717) is 156 Å². The van der Waals surface area contributed by atoms with Gasteiger partial charge in [0, 0.05) is 151 Å². The number of nitrogens with two attached hydrogens (primary N) is 2. The molecule has 2 atom stereocenters. The number of carbonyl (C=O) groups excluding carboxylic acids is 18. The number of carboxylic acids is 1. The summed E-state index contributed by atoms with van der Waals surface area (Å²) in [4.78, 5) is 239. The number of carbonyl (C=O) groups is 19. The molecule has 34 nitrogen and oxygen atoms in total. The van der Waals surface area contributed by atoms with Crippen LogP contribution in [0.2, 0.25) is 0 Å². The number of urea groups is 2. The predicted molar refractivity (Wildman–Crippen MR) is 490 cm³/mol. The first kappa shape index (κ1) is 113. The maximum Gasteiger partial charge on any atom is 0.490 e. The quantitative estimate of drug-likeness (QED) is 0.00742. The third-order valence-electron chi connectivity index (χ3n) is 20.6. The average molecular weight is 1870 g/mol. The summed E-state index contributed by atoms with van der Waals surface area (Å²) >= 11 is 0.